The first kappa shape index (κ1) is 28.7. The van der Waals surface area contributed by atoms with Gasteiger partial charge in [-0.1, -0.05) is 30.3 Å². The summed E-state index contributed by atoms with van der Waals surface area (Å²) in [5.41, 5.74) is -0.440. The molecular weight excluding hydrogens is 507 g/mol. The van der Waals surface area contributed by atoms with Crippen LogP contribution in [0.5, 0.6) is 0 Å². The molecule has 1 unspecified atom stereocenters. The molecule has 3 rings (SSSR count). The topological polar surface area (TPSA) is 108 Å². The second-order valence-corrected chi connectivity index (χ2v) is 9.15. The third-order valence-corrected chi connectivity index (χ3v) is 6.07. The smallest absolute Gasteiger partial charge is 0.463 e. The summed E-state index contributed by atoms with van der Waals surface area (Å²) in [7, 11) is 2.42. The highest BCUT2D eigenvalue weighted by Crippen LogP contribution is 2.21. The van der Waals surface area contributed by atoms with Crippen LogP contribution in [-0.4, -0.2) is 54.8 Å². The number of carbonyl (C=O) groups excluding carboxylic acids is 2. The third kappa shape index (κ3) is 6.50. The van der Waals surface area contributed by atoms with Crippen molar-refractivity contribution in [2.75, 3.05) is 7.05 Å². The minimum Gasteiger partial charge on any atom is -0.463 e. The van der Waals surface area contributed by atoms with Crippen LogP contribution in [0.2, 0.25) is 0 Å². The highest BCUT2D eigenvalue weighted by atomic mass is 19.4. The lowest BCUT2D eigenvalue weighted by Crippen LogP contribution is -2.40. The molecule has 0 radical (unpaired) electrons. The molecule has 0 saturated carbocycles. The summed E-state index contributed by atoms with van der Waals surface area (Å²) in [5.74, 6) is -2.41. The zero-order valence-corrected chi connectivity index (χ0v) is 21.6. The van der Waals surface area contributed by atoms with E-state index in [1.54, 1.807) is 37.3 Å². The Morgan fingerprint density at radius 3 is 2.37 bits per heavy atom. The molecule has 0 saturated heterocycles. The first-order valence-corrected chi connectivity index (χ1v) is 12.0. The van der Waals surface area contributed by atoms with Gasteiger partial charge in [-0.2, -0.15) is 13.2 Å². The van der Waals surface area contributed by atoms with Crippen LogP contribution in [0, 0.1) is 0 Å². The number of rotatable bonds is 10. The van der Waals surface area contributed by atoms with Gasteiger partial charge in [0.1, 0.15) is 5.82 Å². The number of hydrogen-bond donors (Lipinski definition) is 0. The molecule has 1 aromatic carbocycles. The highest BCUT2D eigenvalue weighted by Gasteiger charge is 2.41. The van der Waals surface area contributed by atoms with E-state index >= 15 is 0 Å². The van der Waals surface area contributed by atoms with Gasteiger partial charge >= 0.3 is 23.7 Å². The lowest BCUT2D eigenvalue weighted by molar-refractivity contribution is -0.184. The first-order valence-electron chi connectivity index (χ1n) is 12.0. The van der Waals surface area contributed by atoms with E-state index in [0.717, 1.165) is 17.2 Å². The molecule has 1 atom stereocenters. The number of alkyl halides is 3. The summed E-state index contributed by atoms with van der Waals surface area (Å²) < 4.78 is 47.8. The molecule has 206 valence electrons. The van der Waals surface area contributed by atoms with Crippen LogP contribution in [0.1, 0.15) is 44.5 Å². The lowest BCUT2D eigenvalue weighted by atomic mass is 10.1. The van der Waals surface area contributed by atoms with Crippen molar-refractivity contribution in [2.24, 2.45) is 7.05 Å². The molecular formula is C25H30F3N5O5. The van der Waals surface area contributed by atoms with Crippen molar-refractivity contribution in [3.8, 4) is 0 Å². The number of aromatic nitrogens is 4. The van der Waals surface area contributed by atoms with Crippen LogP contribution in [0.15, 0.2) is 39.9 Å². The lowest BCUT2D eigenvalue weighted by Gasteiger charge is -2.19. The number of unbranched alkanes of at least 4 members (excludes halogenated alkanes) is 1. The zero-order valence-electron chi connectivity index (χ0n) is 21.6. The normalized spacial score (nSPS) is 12.5. The van der Waals surface area contributed by atoms with E-state index in [1.807, 2.05) is 0 Å². The molecule has 0 spiro atoms. The van der Waals surface area contributed by atoms with Crippen molar-refractivity contribution in [1.82, 2.24) is 23.6 Å². The minimum absolute atomic E-state index is 0.0125. The van der Waals surface area contributed by atoms with Crippen LogP contribution in [0.25, 0.3) is 11.2 Å². The molecule has 0 aliphatic rings. The summed E-state index contributed by atoms with van der Waals surface area (Å²) in [4.78, 5) is 54.2. The highest BCUT2D eigenvalue weighted by molar-refractivity contribution is 5.81. The Hall–Kier alpha value is -3.90. The van der Waals surface area contributed by atoms with Gasteiger partial charge in [0, 0.05) is 34.1 Å². The maximum absolute atomic E-state index is 13.5. The Balaban J connectivity index is 2.02. The van der Waals surface area contributed by atoms with E-state index in [2.05, 4.69) is 4.98 Å². The quantitative estimate of drug-likeness (QED) is 0.291. The molecule has 0 aliphatic carbocycles. The fourth-order valence-corrected chi connectivity index (χ4v) is 4.22. The largest absolute Gasteiger partial charge is 0.471 e. The van der Waals surface area contributed by atoms with E-state index in [1.165, 1.54) is 23.1 Å². The summed E-state index contributed by atoms with van der Waals surface area (Å²) in [6.45, 7) is 2.73. The van der Waals surface area contributed by atoms with Gasteiger partial charge in [-0.15, -0.1) is 0 Å². The van der Waals surface area contributed by atoms with Gasteiger partial charge in [-0.25, -0.2) is 9.78 Å². The van der Waals surface area contributed by atoms with Crippen LogP contribution >= 0.6 is 0 Å². The fourth-order valence-electron chi connectivity index (χ4n) is 4.22. The monoisotopic (exact) mass is 537 g/mol. The molecule has 10 nitrogen and oxygen atoms in total. The minimum atomic E-state index is -5.07. The van der Waals surface area contributed by atoms with Crippen LogP contribution < -0.4 is 11.2 Å². The average molecular weight is 538 g/mol. The van der Waals surface area contributed by atoms with Gasteiger partial charge in [0.2, 0.25) is 0 Å². The molecule has 0 N–H and O–H groups in total. The molecule has 0 fully saturated rings. The number of halogens is 3. The number of ether oxygens (including phenoxy) is 1. The van der Waals surface area contributed by atoms with E-state index in [4.69, 9.17) is 4.74 Å². The molecule has 13 heteroatoms. The number of esters is 1. The molecule has 1 amide bonds. The van der Waals surface area contributed by atoms with Gasteiger partial charge in [-0.05, 0) is 31.7 Å². The van der Waals surface area contributed by atoms with Crippen molar-refractivity contribution in [1.29, 1.82) is 0 Å². The van der Waals surface area contributed by atoms with Gasteiger partial charge in [0.15, 0.2) is 11.2 Å². The second kappa shape index (κ2) is 11.7. The Bertz CT molecular complexity index is 1430. The van der Waals surface area contributed by atoms with Crippen molar-refractivity contribution < 1.29 is 27.5 Å². The predicted molar refractivity (Wildman–Crippen MR) is 132 cm³/mol. The summed E-state index contributed by atoms with van der Waals surface area (Å²) in [5, 5.41) is 0. The predicted octanol–water partition coefficient (Wildman–Crippen LogP) is 2.59. The Morgan fingerprint density at radius 2 is 1.76 bits per heavy atom. The van der Waals surface area contributed by atoms with E-state index in [0.29, 0.717) is 24.2 Å². The summed E-state index contributed by atoms with van der Waals surface area (Å²) in [6.07, 6.45) is -3.79. The average Bonchev–Trinajstić information content (AvgIpc) is 3.19. The van der Waals surface area contributed by atoms with Crippen molar-refractivity contribution in [3.05, 3.63) is 62.6 Å². The Kier molecular flexibility index (Phi) is 8.79. The second-order valence-electron chi connectivity index (χ2n) is 9.15. The van der Waals surface area contributed by atoms with Gasteiger partial charge in [-0.3, -0.25) is 23.5 Å². The third-order valence-electron chi connectivity index (χ3n) is 6.07. The maximum atomic E-state index is 13.5. The van der Waals surface area contributed by atoms with E-state index in [-0.39, 0.29) is 36.2 Å². The van der Waals surface area contributed by atoms with E-state index in [9.17, 15) is 32.3 Å². The zero-order chi connectivity index (χ0) is 28.2. The number of aryl methyl sites for hydroxylation is 1. The van der Waals surface area contributed by atoms with Crippen LogP contribution in [0.4, 0.5) is 13.2 Å². The number of carbonyl (C=O) groups is 2. The molecule has 2 aromatic heterocycles. The Labute approximate surface area is 216 Å². The summed E-state index contributed by atoms with van der Waals surface area (Å²) in [6, 6.07) is 8.91. The number of fused-ring (bicyclic) bond motifs is 1. The van der Waals surface area contributed by atoms with Crippen molar-refractivity contribution >= 4 is 23.0 Å². The standard InChI is InChI=1S/C25H30F3N5O5/c1-16(38-17(2)34)10-8-9-13-32-22(35)20-21(31(4)24(32)37)29-19(15-30(3)23(36)25(26,27)28)33(20)14-18-11-6-5-7-12-18/h5-7,11-12,16H,8-10,13-15H2,1-4H3. The van der Waals surface area contributed by atoms with Gasteiger partial charge < -0.3 is 14.2 Å². The number of hydrogen-bond acceptors (Lipinski definition) is 6. The molecule has 3 aromatic rings. The number of amides is 1. The SMILES string of the molecule is CC(=O)OC(C)CCCCn1c(=O)c2c(nc(CN(C)C(=O)C(F)(F)F)n2Cc2ccccc2)n(C)c1=O. The van der Waals surface area contributed by atoms with Gasteiger partial charge in [0.25, 0.3) is 5.56 Å². The van der Waals surface area contributed by atoms with Crippen LogP contribution in [0.3, 0.4) is 0 Å². The maximum Gasteiger partial charge on any atom is 0.471 e. The number of nitrogens with zero attached hydrogens (tertiary/aromatic N) is 5. The van der Waals surface area contributed by atoms with Crippen molar-refractivity contribution in [2.45, 2.75) is 65.0 Å². The summed E-state index contributed by atoms with van der Waals surface area (Å²) >= 11 is 0. The fraction of sp³-hybridized carbons (Fsp3) is 0.480. The first-order chi connectivity index (χ1) is 17.8. The molecule has 2 heterocycles. The number of benzene rings is 1. The van der Waals surface area contributed by atoms with Crippen molar-refractivity contribution in [3.63, 3.8) is 0 Å². The Morgan fingerprint density at radius 1 is 1.11 bits per heavy atom. The molecule has 38 heavy (non-hydrogen) atoms. The van der Waals surface area contributed by atoms with Gasteiger partial charge in [0.05, 0.1) is 12.6 Å². The molecule has 0 bridgehead atoms. The van der Waals surface area contributed by atoms with Crippen LogP contribution in [-0.2, 0) is 41.0 Å². The number of imidazole rings is 1. The molecule has 0 aliphatic heterocycles. The van der Waals surface area contributed by atoms with E-state index < -0.39 is 35.8 Å².